The van der Waals surface area contributed by atoms with Crippen LogP contribution in [-0.4, -0.2) is 37.0 Å². The lowest BCUT2D eigenvalue weighted by Crippen LogP contribution is -2.26. The fourth-order valence-electron chi connectivity index (χ4n) is 1.50. The Balaban J connectivity index is 2.19. The molecule has 2 N–H and O–H groups in total. The summed E-state index contributed by atoms with van der Waals surface area (Å²) in [7, 11) is 0. The minimum Gasteiger partial charge on any atom is -0.445 e. The van der Waals surface area contributed by atoms with Gasteiger partial charge in [-0.1, -0.05) is 0 Å². The van der Waals surface area contributed by atoms with Gasteiger partial charge in [-0.15, -0.1) is 0 Å². The Morgan fingerprint density at radius 2 is 2.23 bits per heavy atom. The lowest BCUT2D eigenvalue weighted by Gasteiger charge is -2.05. The van der Waals surface area contributed by atoms with Crippen LogP contribution in [0.15, 0.2) is 40.0 Å². The van der Waals surface area contributed by atoms with E-state index in [1.807, 2.05) is 0 Å². The van der Waals surface area contributed by atoms with Gasteiger partial charge in [-0.05, 0) is 15.9 Å². The third-order valence-electron chi connectivity index (χ3n) is 2.49. The second kappa shape index (κ2) is 6.93. The predicted molar refractivity (Wildman–Crippen MR) is 75.8 cm³/mol. The molecule has 0 saturated heterocycles. The normalized spacial score (nSPS) is 11.5. The zero-order chi connectivity index (χ0) is 16.1. The molecule has 0 unspecified atom stereocenters. The van der Waals surface area contributed by atoms with E-state index in [0.717, 1.165) is 9.25 Å². The molecule has 0 aromatic carbocycles. The molecule has 116 valence electrons. The van der Waals surface area contributed by atoms with Crippen molar-refractivity contribution in [3.8, 4) is 5.82 Å². The van der Waals surface area contributed by atoms with E-state index in [1.54, 1.807) is 0 Å². The summed E-state index contributed by atoms with van der Waals surface area (Å²) >= 11 is 3.13. The summed E-state index contributed by atoms with van der Waals surface area (Å²) < 4.78 is 19.8. The van der Waals surface area contributed by atoms with E-state index in [4.69, 9.17) is 5.73 Å². The molecule has 0 bridgehead atoms. The number of amides is 1. The SMILES string of the molecule is NC(=O)OC/C(=C/F)Cn1ncn(-c2cnc(Br)cn2)c1=O. The summed E-state index contributed by atoms with van der Waals surface area (Å²) in [5.74, 6) is 0.263. The number of carbonyl (C=O) groups is 1. The Labute approximate surface area is 131 Å². The van der Waals surface area contributed by atoms with Gasteiger partial charge in [0.15, 0.2) is 5.82 Å². The topological polar surface area (TPSA) is 118 Å². The Kier molecular flexibility index (Phi) is 4.99. The first-order chi connectivity index (χ1) is 10.5. The molecule has 0 radical (unpaired) electrons. The van der Waals surface area contributed by atoms with E-state index < -0.39 is 11.8 Å². The van der Waals surface area contributed by atoms with Gasteiger partial charge in [0.2, 0.25) is 0 Å². The molecule has 0 saturated carbocycles. The van der Waals surface area contributed by atoms with Crippen LogP contribution in [0.2, 0.25) is 0 Å². The average molecular weight is 373 g/mol. The number of nitrogens with zero attached hydrogens (tertiary/aromatic N) is 5. The molecule has 0 spiro atoms. The minimum absolute atomic E-state index is 0.0213. The molecule has 22 heavy (non-hydrogen) atoms. The van der Waals surface area contributed by atoms with Gasteiger partial charge in [-0.3, -0.25) is 0 Å². The van der Waals surface area contributed by atoms with Crippen LogP contribution >= 0.6 is 15.9 Å². The van der Waals surface area contributed by atoms with E-state index in [1.165, 1.54) is 18.7 Å². The smallest absolute Gasteiger partial charge is 0.404 e. The first-order valence-electron chi connectivity index (χ1n) is 5.84. The summed E-state index contributed by atoms with van der Waals surface area (Å²) in [6.45, 7) is -0.567. The number of nitrogens with two attached hydrogens (primary N) is 1. The van der Waals surface area contributed by atoms with Crippen molar-refractivity contribution in [3.05, 3.63) is 45.7 Å². The van der Waals surface area contributed by atoms with Crippen molar-refractivity contribution in [1.29, 1.82) is 0 Å². The minimum atomic E-state index is -1.04. The quantitative estimate of drug-likeness (QED) is 0.817. The molecule has 2 rings (SSSR count). The van der Waals surface area contributed by atoms with E-state index in [-0.39, 0.29) is 30.9 Å². The summed E-state index contributed by atoms with van der Waals surface area (Å²) in [6, 6.07) is 0. The highest BCUT2D eigenvalue weighted by Gasteiger charge is 2.11. The fourth-order valence-corrected chi connectivity index (χ4v) is 1.71. The van der Waals surface area contributed by atoms with E-state index in [0.29, 0.717) is 4.60 Å². The molecule has 9 nitrogen and oxygen atoms in total. The number of carbonyl (C=O) groups excluding carboxylic acids is 1. The van der Waals surface area contributed by atoms with Gasteiger partial charge >= 0.3 is 11.8 Å². The Morgan fingerprint density at radius 3 is 2.82 bits per heavy atom. The Bertz CT molecular complexity index is 754. The maximum atomic E-state index is 12.7. The number of hydrogen-bond acceptors (Lipinski definition) is 6. The van der Waals surface area contributed by atoms with Crippen LogP contribution in [0.4, 0.5) is 9.18 Å². The number of hydrogen-bond donors (Lipinski definition) is 1. The average Bonchev–Trinajstić information content (AvgIpc) is 2.85. The van der Waals surface area contributed by atoms with E-state index in [2.05, 4.69) is 35.7 Å². The number of rotatable bonds is 5. The molecule has 0 fully saturated rings. The molecule has 2 aromatic rings. The monoisotopic (exact) mass is 372 g/mol. The van der Waals surface area contributed by atoms with Crippen molar-refractivity contribution >= 4 is 22.0 Å². The third kappa shape index (κ3) is 3.75. The van der Waals surface area contributed by atoms with Crippen LogP contribution < -0.4 is 11.4 Å². The van der Waals surface area contributed by atoms with Crippen LogP contribution in [-0.2, 0) is 11.3 Å². The molecule has 0 aliphatic heterocycles. The van der Waals surface area contributed by atoms with Crippen molar-refractivity contribution in [2.75, 3.05) is 6.61 Å². The maximum absolute atomic E-state index is 12.7. The summed E-state index contributed by atoms with van der Waals surface area (Å²) in [5.41, 5.74) is 4.27. The molecular formula is C11H10BrFN6O3. The third-order valence-corrected chi connectivity index (χ3v) is 2.90. The molecule has 2 heterocycles. The predicted octanol–water partition coefficient (Wildman–Crippen LogP) is 0.535. The molecule has 2 aromatic heterocycles. The van der Waals surface area contributed by atoms with Crippen molar-refractivity contribution in [2.24, 2.45) is 5.73 Å². The van der Waals surface area contributed by atoms with Gasteiger partial charge in [0.1, 0.15) is 17.5 Å². The number of ether oxygens (including phenoxy) is 1. The molecule has 1 amide bonds. The van der Waals surface area contributed by atoms with Crippen LogP contribution in [0, 0.1) is 0 Å². The summed E-state index contributed by atoms with van der Waals surface area (Å²) in [4.78, 5) is 30.6. The van der Waals surface area contributed by atoms with Gasteiger partial charge in [0, 0.05) is 5.57 Å². The number of primary amides is 1. The molecule has 0 aliphatic rings. The first-order valence-corrected chi connectivity index (χ1v) is 6.63. The standard InChI is InChI=1S/C11H10BrFN6O3/c12-8-2-16-9(3-15-8)18-6-17-19(11(18)21)4-7(1-13)5-22-10(14)20/h1-3,6H,4-5H2,(H2,14,20)/b7-1+. The van der Waals surface area contributed by atoms with Gasteiger partial charge in [0.05, 0.1) is 25.3 Å². The van der Waals surface area contributed by atoms with Crippen LogP contribution in [0.25, 0.3) is 5.82 Å². The highest BCUT2D eigenvalue weighted by molar-refractivity contribution is 9.10. The van der Waals surface area contributed by atoms with Crippen LogP contribution in [0.3, 0.4) is 0 Å². The fraction of sp³-hybridized carbons (Fsp3) is 0.182. The van der Waals surface area contributed by atoms with Crippen LogP contribution in [0.1, 0.15) is 0 Å². The summed E-state index contributed by atoms with van der Waals surface area (Å²) in [6.07, 6.45) is 3.22. The van der Waals surface area contributed by atoms with E-state index in [9.17, 15) is 14.0 Å². The number of aromatic nitrogens is 5. The maximum Gasteiger partial charge on any atom is 0.404 e. The molecular weight excluding hydrogens is 363 g/mol. The van der Waals surface area contributed by atoms with Gasteiger partial charge < -0.3 is 10.5 Å². The van der Waals surface area contributed by atoms with Crippen molar-refractivity contribution in [2.45, 2.75) is 6.54 Å². The zero-order valence-electron chi connectivity index (χ0n) is 11.0. The molecule has 11 heteroatoms. The second-order valence-electron chi connectivity index (χ2n) is 4.01. The largest absolute Gasteiger partial charge is 0.445 e. The Morgan fingerprint density at radius 1 is 1.45 bits per heavy atom. The Hall–Kier alpha value is -2.56. The lowest BCUT2D eigenvalue weighted by molar-refractivity contribution is 0.164. The van der Waals surface area contributed by atoms with Gasteiger partial charge in [0.25, 0.3) is 0 Å². The van der Waals surface area contributed by atoms with Gasteiger partial charge in [-0.25, -0.2) is 33.2 Å². The van der Waals surface area contributed by atoms with E-state index >= 15 is 0 Å². The second-order valence-corrected chi connectivity index (χ2v) is 4.83. The number of halogens is 2. The van der Waals surface area contributed by atoms with Crippen molar-refractivity contribution < 1.29 is 13.9 Å². The highest BCUT2D eigenvalue weighted by Crippen LogP contribution is 2.05. The summed E-state index contributed by atoms with van der Waals surface area (Å²) in [5, 5.41) is 3.84. The zero-order valence-corrected chi connectivity index (χ0v) is 12.6. The van der Waals surface area contributed by atoms with Crippen molar-refractivity contribution in [1.82, 2.24) is 24.3 Å². The van der Waals surface area contributed by atoms with Crippen LogP contribution in [0.5, 0.6) is 0 Å². The lowest BCUT2D eigenvalue weighted by atomic mass is 10.3. The molecule has 0 aliphatic carbocycles. The van der Waals surface area contributed by atoms with Gasteiger partial charge in [-0.2, -0.15) is 5.10 Å². The van der Waals surface area contributed by atoms with Crippen molar-refractivity contribution in [3.63, 3.8) is 0 Å². The highest BCUT2D eigenvalue weighted by atomic mass is 79.9. The first kappa shape index (κ1) is 15.8. The molecule has 0 atom stereocenters.